The van der Waals surface area contributed by atoms with Gasteiger partial charge < -0.3 is 14.9 Å². The van der Waals surface area contributed by atoms with E-state index in [1.54, 1.807) is 0 Å². The highest BCUT2D eigenvalue weighted by Gasteiger charge is 2.11. The molecule has 0 unspecified atom stereocenters. The molecule has 2 rings (SSSR count). The number of rotatable bonds is 1. The van der Waals surface area contributed by atoms with Gasteiger partial charge in [0.15, 0.2) is 0 Å². The van der Waals surface area contributed by atoms with Crippen molar-refractivity contribution in [1.82, 2.24) is 10.1 Å². The zero-order chi connectivity index (χ0) is 12.8. The van der Waals surface area contributed by atoms with Crippen molar-refractivity contribution in [2.24, 2.45) is 0 Å². The van der Waals surface area contributed by atoms with Crippen LogP contribution in [-0.4, -0.2) is 44.4 Å². The normalized spacial score (nSPS) is 17.9. The van der Waals surface area contributed by atoms with Crippen molar-refractivity contribution in [3.8, 4) is 5.75 Å². The Bertz CT molecular complexity index is 412. The summed E-state index contributed by atoms with van der Waals surface area (Å²) in [6.07, 6.45) is 0.381. The predicted octanol–water partition coefficient (Wildman–Crippen LogP) is 0.707. The van der Waals surface area contributed by atoms with Gasteiger partial charge in [0, 0.05) is 25.2 Å². The summed E-state index contributed by atoms with van der Waals surface area (Å²) < 4.78 is 5.76. The summed E-state index contributed by atoms with van der Waals surface area (Å²) in [5.41, 5.74) is 0.948. The van der Waals surface area contributed by atoms with Crippen molar-refractivity contribution < 1.29 is 9.53 Å². The molecule has 95 valence electrons. The second-order valence-electron chi connectivity index (χ2n) is 4.28. The zero-order valence-corrected chi connectivity index (χ0v) is 10.7. The highest BCUT2D eigenvalue weighted by atomic mass is 16.5. The van der Waals surface area contributed by atoms with Crippen molar-refractivity contribution in [3.05, 3.63) is 29.8 Å². The van der Waals surface area contributed by atoms with E-state index >= 15 is 0 Å². The number of benzene rings is 1. The van der Waals surface area contributed by atoms with E-state index in [2.05, 4.69) is 10.1 Å². The summed E-state index contributed by atoms with van der Waals surface area (Å²) in [5.74, 6) is 0.856. The maximum absolute atomic E-state index is 11.8. The highest BCUT2D eigenvalue weighted by molar-refractivity contribution is 6.29. The maximum atomic E-state index is 11.8. The maximum Gasteiger partial charge on any atom is 0.224 e. The molecule has 1 aliphatic rings. The lowest BCUT2D eigenvalue weighted by Gasteiger charge is -2.19. The largest absolute Gasteiger partial charge is 0.492 e. The van der Waals surface area contributed by atoms with Crippen molar-refractivity contribution in [3.63, 3.8) is 0 Å². The van der Waals surface area contributed by atoms with Crippen LogP contribution in [0.5, 0.6) is 5.75 Å². The van der Waals surface area contributed by atoms with Crippen LogP contribution in [0.3, 0.4) is 0 Å². The third-order valence-electron chi connectivity index (χ3n) is 3.05. The minimum Gasteiger partial charge on any atom is -0.492 e. The summed E-state index contributed by atoms with van der Waals surface area (Å²) in [4.78, 5) is 13.9. The predicted molar refractivity (Wildman–Crippen MR) is 71.8 cm³/mol. The first-order chi connectivity index (χ1) is 8.79. The molecule has 1 heterocycles. The van der Waals surface area contributed by atoms with Gasteiger partial charge in [0.2, 0.25) is 13.3 Å². The fourth-order valence-corrected chi connectivity index (χ4v) is 2.01. The summed E-state index contributed by atoms with van der Waals surface area (Å²) in [6.45, 7) is 4.96. The molecule has 1 aromatic carbocycles. The molecule has 1 amide bonds. The van der Waals surface area contributed by atoms with Gasteiger partial charge in [-0.1, -0.05) is 25.0 Å². The first kappa shape index (κ1) is 13.0. The molecular weight excluding hydrogens is 227 g/mol. The summed E-state index contributed by atoms with van der Waals surface area (Å²) in [6, 6.07) is 7.72. The number of carbonyl (C=O) groups excluding carboxylic acids is 1. The van der Waals surface area contributed by atoms with Crippen molar-refractivity contribution in [2.75, 3.05) is 26.2 Å². The number of hydrogen-bond donors (Lipinski definition) is 1. The molecule has 0 saturated heterocycles. The molecule has 4 nitrogen and oxygen atoms in total. The molecule has 0 aromatic heterocycles. The number of ether oxygens (including phenoxy) is 1. The fraction of sp³-hybridized carbons (Fsp3) is 0.462. The number of nitrogens with zero attached hydrogens (tertiary/aromatic N) is 1. The second-order valence-corrected chi connectivity index (χ2v) is 4.28. The average Bonchev–Trinajstić information content (AvgIpc) is 2.41. The number of nitrogens with one attached hydrogen (secondary N) is 1. The molecule has 0 bridgehead atoms. The molecule has 0 saturated carbocycles. The van der Waals surface area contributed by atoms with Crippen molar-refractivity contribution in [2.45, 2.75) is 13.2 Å². The molecule has 5 heteroatoms. The third kappa shape index (κ3) is 3.50. The van der Waals surface area contributed by atoms with Crippen LogP contribution in [0.4, 0.5) is 0 Å². The lowest BCUT2D eigenvalue weighted by Crippen LogP contribution is -2.38. The standard InChI is InChI=1S/C13H18BN2O2/c1-14-16-7-6-15-13(17)10-11-4-2-3-5-12(11)18-9-8-16/h2-5H,6-10H2,1H3,(H,15,17). The molecule has 0 spiro atoms. The van der Waals surface area contributed by atoms with E-state index in [0.717, 1.165) is 24.4 Å². The second kappa shape index (κ2) is 6.45. The van der Waals surface area contributed by atoms with Gasteiger partial charge in [-0.3, -0.25) is 4.79 Å². The average molecular weight is 245 g/mol. The summed E-state index contributed by atoms with van der Waals surface area (Å²) in [7, 11) is 2.03. The van der Waals surface area contributed by atoms with E-state index in [0.29, 0.717) is 19.6 Å². The Balaban J connectivity index is 2.12. The van der Waals surface area contributed by atoms with Gasteiger partial charge in [0.1, 0.15) is 5.75 Å². The SMILES string of the molecule is C[B]N1CCNC(=O)Cc2ccccc2OCC1. The molecule has 1 aliphatic heterocycles. The Labute approximate surface area is 109 Å². The number of fused-ring (bicyclic) bond motifs is 1. The number of hydrogen-bond acceptors (Lipinski definition) is 3. The molecular formula is C13H18BN2O2. The Morgan fingerprint density at radius 3 is 3.00 bits per heavy atom. The van der Waals surface area contributed by atoms with Gasteiger partial charge >= 0.3 is 0 Å². The van der Waals surface area contributed by atoms with Crippen LogP contribution in [0.1, 0.15) is 5.56 Å². The number of para-hydroxylation sites is 1. The Kier molecular flexibility index (Phi) is 4.64. The smallest absolute Gasteiger partial charge is 0.224 e. The van der Waals surface area contributed by atoms with Gasteiger partial charge in [0.05, 0.1) is 13.0 Å². The zero-order valence-electron chi connectivity index (χ0n) is 10.7. The van der Waals surface area contributed by atoms with Crippen molar-refractivity contribution in [1.29, 1.82) is 0 Å². The first-order valence-electron chi connectivity index (χ1n) is 6.30. The topological polar surface area (TPSA) is 41.6 Å². The minimum atomic E-state index is 0.0454. The van der Waals surface area contributed by atoms with Crippen molar-refractivity contribution >= 4 is 13.3 Å². The van der Waals surface area contributed by atoms with Crippen LogP contribution in [0.2, 0.25) is 6.82 Å². The van der Waals surface area contributed by atoms with Gasteiger partial charge in [-0.15, -0.1) is 0 Å². The van der Waals surface area contributed by atoms with Crippen LogP contribution in [-0.2, 0) is 11.2 Å². The Hall–Kier alpha value is -1.49. The minimum absolute atomic E-state index is 0.0454. The highest BCUT2D eigenvalue weighted by Crippen LogP contribution is 2.18. The van der Waals surface area contributed by atoms with Crippen LogP contribution >= 0.6 is 0 Å². The van der Waals surface area contributed by atoms with Gasteiger partial charge in [0.25, 0.3) is 0 Å². The monoisotopic (exact) mass is 245 g/mol. The lowest BCUT2D eigenvalue weighted by atomic mass is 9.96. The molecule has 18 heavy (non-hydrogen) atoms. The molecule has 1 N–H and O–H groups in total. The molecule has 0 atom stereocenters. The molecule has 1 aromatic rings. The van der Waals surface area contributed by atoms with E-state index in [4.69, 9.17) is 4.74 Å². The van der Waals surface area contributed by atoms with Gasteiger partial charge in [-0.05, 0) is 6.07 Å². The van der Waals surface area contributed by atoms with E-state index in [1.165, 1.54) is 0 Å². The number of carbonyl (C=O) groups is 1. The fourth-order valence-electron chi connectivity index (χ4n) is 2.01. The van der Waals surface area contributed by atoms with Gasteiger partial charge in [-0.2, -0.15) is 0 Å². The third-order valence-corrected chi connectivity index (χ3v) is 3.05. The summed E-state index contributed by atoms with van der Waals surface area (Å²) >= 11 is 0. The van der Waals surface area contributed by atoms with Crippen LogP contribution in [0.15, 0.2) is 24.3 Å². The first-order valence-corrected chi connectivity index (χ1v) is 6.30. The molecule has 0 fully saturated rings. The van der Waals surface area contributed by atoms with Crippen LogP contribution in [0.25, 0.3) is 0 Å². The van der Waals surface area contributed by atoms with E-state index < -0.39 is 0 Å². The lowest BCUT2D eigenvalue weighted by molar-refractivity contribution is -0.120. The summed E-state index contributed by atoms with van der Waals surface area (Å²) in [5, 5.41) is 2.93. The quantitative estimate of drug-likeness (QED) is 0.741. The van der Waals surface area contributed by atoms with E-state index in [9.17, 15) is 4.79 Å². The van der Waals surface area contributed by atoms with Crippen LogP contribution in [0, 0.1) is 0 Å². The van der Waals surface area contributed by atoms with E-state index in [1.807, 2.05) is 38.5 Å². The molecule has 0 aliphatic carbocycles. The Morgan fingerprint density at radius 2 is 2.17 bits per heavy atom. The number of amides is 1. The molecule has 1 radical (unpaired) electrons. The Morgan fingerprint density at radius 1 is 1.33 bits per heavy atom. The van der Waals surface area contributed by atoms with E-state index in [-0.39, 0.29) is 5.91 Å². The van der Waals surface area contributed by atoms with Gasteiger partial charge in [-0.25, -0.2) is 0 Å². The van der Waals surface area contributed by atoms with Crippen LogP contribution < -0.4 is 10.1 Å².